The van der Waals surface area contributed by atoms with Crippen LogP contribution in [-0.4, -0.2) is 24.9 Å². The molecule has 0 bridgehead atoms. The molecule has 1 aliphatic rings. The van der Waals surface area contributed by atoms with E-state index in [0.29, 0.717) is 5.02 Å². The zero-order chi connectivity index (χ0) is 22.8. The van der Waals surface area contributed by atoms with Crippen molar-refractivity contribution in [1.29, 1.82) is 0 Å². The number of ether oxygens (including phenoxy) is 2. The van der Waals surface area contributed by atoms with E-state index in [4.69, 9.17) is 31.2 Å². The lowest BCUT2D eigenvalue weighted by Crippen LogP contribution is -2.18. The van der Waals surface area contributed by atoms with Crippen LogP contribution in [-0.2, 0) is 0 Å². The summed E-state index contributed by atoms with van der Waals surface area (Å²) in [6, 6.07) is 24.0. The van der Waals surface area contributed by atoms with Gasteiger partial charge in [-0.15, -0.1) is 28.3 Å². The highest BCUT2D eigenvalue weighted by molar-refractivity contribution is 8.93. The van der Waals surface area contributed by atoms with Crippen LogP contribution in [0.1, 0.15) is 23.6 Å². The smallest absolute Gasteiger partial charge is 0.207 e. The van der Waals surface area contributed by atoms with E-state index in [1.54, 1.807) is 25.6 Å². The van der Waals surface area contributed by atoms with Crippen LogP contribution in [0, 0.1) is 0 Å². The zero-order valence-electron chi connectivity index (χ0n) is 18.6. The highest BCUT2D eigenvalue weighted by Gasteiger charge is 2.31. The molecule has 1 aliphatic heterocycles. The van der Waals surface area contributed by atoms with Gasteiger partial charge >= 0.3 is 0 Å². The third kappa shape index (κ3) is 4.97. The van der Waals surface area contributed by atoms with Gasteiger partial charge in [0.05, 0.1) is 31.7 Å². The van der Waals surface area contributed by atoms with Crippen LogP contribution >= 0.6 is 39.9 Å². The van der Waals surface area contributed by atoms with Gasteiger partial charge < -0.3 is 9.47 Å². The fourth-order valence-corrected chi connectivity index (χ4v) is 4.81. The van der Waals surface area contributed by atoms with Crippen LogP contribution in [0.15, 0.2) is 83.3 Å². The number of methoxy groups -OCH3 is 2. The molecular weight excluding hydrogens is 534 g/mol. The molecule has 0 fully saturated rings. The quantitative estimate of drug-likeness (QED) is 0.248. The maximum absolute atomic E-state index is 6.05. The third-order valence-corrected chi connectivity index (χ3v) is 6.74. The predicted octanol–water partition coefficient (Wildman–Crippen LogP) is 7.41. The topological polar surface area (TPSA) is 47.0 Å². The number of hydrogen-bond donors (Lipinski definition) is 0. The van der Waals surface area contributed by atoms with Crippen molar-refractivity contribution in [2.75, 3.05) is 19.2 Å². The summed E-state index contributed by atoms with van der Waals surface area (Å²) in [5.41, 5.74) is 5.19. The number of nitrogens with zero attached hydrogens (tertiary/aromatic N) is 3. The van der Waals surface area contributed by atoms with Gasteiger partial charge in [0.25, 0.3) is 0 Å². The van der Waals surface area contributed by atoms with E-state index in [-0.39, 0.29) is 23.0 Å². The van der Waals surface area contributed by atoms with Crippen LogP contribution in [0.3, 0.4) is 0 Å². The van der Waals surface area contributed by atoms with E-state index in [0.717, 1.165) is 51.1 Å². The molecule has 174 valence electrons. The summed E-state index contributed by atoms with van der Waals surface area (Å²) in [5, 5.41) is 10.7. The van der Waals surface area contributed by atoms with Crippen molar-refractivity contribution >= 4 is 50.8 Å². The molecule has 5 rings (SSSR count). The van der Waals surface area contributed by atoms with Crippen molar-refractivity contribution in [3.63, 3.8) is 0 Å². The summed E-state index contributed by atoms with van der Waals surface area (Å²) in [7, 11) is 3.35. The third-order valence-electron chi connectivity index (χ3n) is 5.66. The second-order valence-corrected chi connectivity index (χ2v) is 8.91. The molecule has 1 atom stereocenters. The molecule has 0 aliphatic carbocycles. The molecule has 5 nitrogen and oxygen atoms in total. The molecule has 34 heavy (non-hydrogen) atoms. The van der Waals surface area contributed by atoms with Crippen LogP contribution in [0.5, 0.6) is 11.5 Å². The van der Waals surface area contributed by atoms with Crippen molar-refractivity contribution in [3.8, 4) is 22.8 Å². The van der Waals surface area contributed by atoms with Gasteiger partial charge in [-0.05, 0) is 59.7 Å². The molecule has 3 aromatic carbocycles. The van der Waals surface area contributed by atoms with Crippen molar-refractivity contribution in [1.82, 2.24) is 4.98 Å². The lowest BCUT2D eigenvalue weighted by molar-refractivity contribution is 0.414. The summed E-state index contributed by atoms with van der Waals surface area (Å²) in [4.78, 5) is 4.91. The van der Waals surface area contributed by atoms with Crippen molar-refractivity contribution < 1.29 is 9.47 Å². The molecule has 8 heteroatoms. The van der Waals surface area contributed by atoms with Crippen molar-refractivity contribution in [2.45, 2.75) is 12.5 Å². The van der Waals surface area contributed by atoms with E-state index in [1.165, 1.54) is 0 Å². The van der Waals surface area contributed by atoms with Gasteiger partial charge in [-0.25, -0.2) is 9.99 Å². The lowest BCUT2D eigenvalue weighted by atomic mass is 9.98. The van der Waals surface area contributed by atoms with E-state index in [1.807, 2.05) is 65.7 Å². The zero-order valence-corrected chi connectivity index (χ0v) is 21.9. The van der Waals surface area contributed by atoms with Gasteiger partial charge in [0.15, 0.2) is 0 Å². The molecule has 0 saturated heterocycles. The first kappa shape index (κ1) is 24.3. The van der Waals surface area contributed by atoms with Crippen LogP contribution in [0.25, 0.3) is 11.3 Å². The first-order chi connectivity index (χ1) is 16.1. The maximum Gasteiger partial charge on any atom is 0.207 e. The standard InChI is InChI=1S/C26H22ClN3O2S.BrH/c1-31-21-11-5-17(6-12-21)23-15-25(19-7-13-22(32-2)14-8-19)30(29-23)26-28-24(16-33-26)18-3-9-20(27)10-4-18;/h3-14,16,25H,15H2,1-2H3;1H. The Morgan fingerprint density at radius 2 is 1.44 bits per heavy atom. The van der Waals surface area contributed by atoms with E-state index < -0.39 is 0 Å². The Balaban J connectivity index is 0.00000274. The Morgan fingerprint density at radius 1 is 0.853 bits per heavy atom. The Hall–Kier alpha value is -2.87. The largest absolute Gasteiger partial charge is 0.497 e. The van der Waals surface area contributed by atoms with E-state index >= 15 is 0 Å². The molecule has 0 spiro atoms. The van der Waals surface area contributed by atoms with Crippen LogP contribution in [0.4, 0.5) is 5.13 Å². The molecule has 0 saturated carbocycles. The number of thiazole rings is 1. The monoisotopic (exact) mass is 555 g/mol. The predicted molar refractivity (Wildman–Crippen MR) is 145 cm³/mol. The summed E-state index contributed by atoms with van der Waals surface area (Å²) < 4.78 is 10.7. The van der Waals surface area contributed by atoms with E-state index in [9.17, 15) is 0 Å². The van der Waals surface area contributed by atoms with Crippen molar-refractivity contribution in [3.05, 3.63) is 94.3 Å². The second-order valence-electron chi connectivity index (χ2n) is 7.64. The number of hydrazone groups is 1. The highest BCUT2D eigenvalue weighted by Crippen LogP contribution is 2.40. The normalized spacial score (nSPS) is 15.0. The van der Waals surface area contributed by atoms with Crippen LogP contribution < -0.4 is 14.5 Å². The minimum absolute atomic E-state index is 0. The van der Waals surface area contributed by atoms with Crippen LogP contribution in [0.2, 0.25) is 5.02 Å². The van der Waals surface area contributed by atoms with Gasteiger partial charge in [-0.1, -0.05) is 35.9 Å². The minimum atomic E-state index is 0. The fraction of sp³-hybridized carbons (Fsp3) is 0.154. The number of aromatic nitrogens is 1. The number of hydrogen-bond acceptors (Lipinski definition) is 6. The van der Waals surface area contributed by atoms with E-state index in [2.05, 4.69) is 17.5 Å². The molecule has 0 N–H and O–H groups in total. The van der Waals surface area contributed by atoms with Crippen molar-refractivity contribution in [2.24, 2.45) is 5.10 Å². The Kier molecular flexibility index (Phi) is 7.56. The van der Waals surface area contributed by atoms with Gasteiger partial charge in [-0.2, -0.15) is 5.10 Å². The Labute approximate surface area is 218 Å². The SMILES string of the molecule is Br.COc1ccc(C2=NN(c3nc(-c4ccc(Cl)cc4)cs3)C(c3ccc(OC)cc3)C2)cc1. The summed E-state index contributed by atoms with van der Waals surface area (Å²) in [6.07, 6.45) is 0.772. The first-order valence-corrected chi connectivity index (χ1v) is 11.8. The minimum Gasteiger partial charge on any atom is -0.497 e. The first-order valence-electron chi connectivity index (χ1n) is 10.5. The maximum atomic E-state index is 6.05. The lowest BCUT2D eigenvalue weighted by Gasteiger charge is -2.21. The highest BCUT2D eigenvalue weighted by atomic mass is 79.9. The molecular formula is C26H23BrClN3O2S. The second kappa shape index (κ2) is 10.6. The summed E-state index contributed by atoms with van der Waals surface area (Å²) >= 11 is 7.63. The molecule has 0 radical (unpaired) electrons. The number of anilines is 1. The molecule has 1 unspecified atom stereocenters. The molecule has 2 heterocycles. The van der Waals surface area contributed by atoms with Gasteiger partial charge in [0.2, 0.25) is 5.13 Å². The number of benzene rings is 3. The number of rotatable bonds is 6. The molecule has 0 amide bonds. The molecule has 4 aromatic rings. The fourth-order valence-electron chi connectivity index (χ4n) is 3.85. The Bertz CT molecular complexity index is 1270. The average Bonchev–Trinajstić information content (AvgIpc) is 3.52. The Morgan fingerprint density at radius 3 is 2.06 bits per heavy atom. The van der Waals surface area contributed by atoms with Gasteiger partial charge in [-0.3, -0.25) is 0 Å². The summed E-state index contributed by atoms with van der Waals surface area (Å²) in [5.74, 6) is 1.66. The molecule has 1 aromatic heterocycles. The van der Waals surface area contributed by atoms with Gasteiger partial charge in [0.1, 0.15) is 11.5 Å². The number of halogens is 2. The van der Waals surface area contributed by atoms with Gasteiger partial charge in [0, 0.05) is 22.4 Å². The average molecular weight is 557 g/mol. The summed E-state index contributed by atoms with van der Waals surface area (Å²) in [6.45, 7) is 0.